The Morgan fingerprint density at radius 2 is 1.93 bits per heavy atom. The molecule has 80 valence electrons. The van der Waals surface area contributed by atoms with Crippen LogP contribution in [0.1, 0.15) is 45.4 Å². The Kier molecular flexibility index (Phi) is 2.55. The maximum atomic E-state index is 2.32. The van der Waals surface area contributed by atoms with Gasteiger partial charge in [-0.1, -0.05) is 13.3 Å². The van der Waals surface area contributed by atoms with E-state index in [1.807, 2.05) is 0 Å². The second kappa shape index (κ2) is 3.73. The second-order valence-electron chi connectivity index (χ2n) is 5.56. The zero-order valence-corrected chi connectivity index (χ0v) is 10.1. The minimum atomic E-state index is 1.07. The normalized spacial score (nSPS) is 49.9. The first kappa shape index (κ1) is 9.57. The van der Waals surface area contributed by atoms with E-state index in [-0.39, 0.29) is 0 Å². The van der Waals surface area contributed by atoms with Crippen molar-refractivity contribution in [1.82, 2.24) is 0 Å². The molecule has 5 unspecified atom stereocenters. The van der Waals surface area contributed by atoms with Gasteiger partial charge in [0.05, 0.1) is 0 Å². The van der Waals surface area contributed by atoms with Crippen LogP contribution in [0.15, 0.2) is 0 Å². The van der Waals surface area contributed by atoms with Crippen LogP contribution >= 0.6 is 11.8 Å². The monoisotopic (exact) mass is 210 g/mol. The van der Waals surface area contributed by atoms with Gasteiger partial charge < -0.3 is 0 Å². The van der Waals surface area contributed by atoms with Gasteiger partial charge in [-0.2, -0.15) is 11.8 Å². The van der Waals surface area contributed by atoms with E-state index in [1.54, 1.807) is 32.1 Å². The van der Waals surface area contributed by atoms with E-state index in [2.05, 4.69) is 18.7 Å². The van der Waals surface area contributed by atoms with Crippen LogP contribution in [0.25, 0.3) is 0 Å². The summed E-state index contributed by atoms with van der Waals surface area (Å²) in [5.74, 6) is 6.05. The molecule has 3 saturated carbocycles. The van der Waals surface area contributed by atoms with Gasteiger partial charge in [-0.25, -0.2) is 0 Å². The number of hydrogen-bond acceptors (Lipinski definition) is 1. The molecule has 0 heterocycles. The van der Waals surface area contributed by atoms with E-state index in [1.165, 1.54) is 24.0 Å². The van der Waals surface area contributed by atoms with Gasteiger partial charge in [-0.3, -0.25) is 0 Å². The van der Waals surface area contributed by atoms with Crippen molar-refractivity contribution in [3.8, 4) is 0 Å². The van der Waals surface area contributed by atoms with Crippen molar-refractivity contribution in [1.29, 1.82) is 0 Å². The molecule has 0 spiro atoms. The van der Waals surface area contributed by atoms with E-state index in [9.17, 15) is 0 Å². The number of thioether (sulfide) groups is 1. The summed E-state index contributed by atoms with van der Waals surface area (Å²) in [6, 6.07) is 0. The minimum absolute atomic E-state index is 1.07. The van der Waals surface area contributed by atoms with Gasteiger partial charge >= 0.3 is 0 Å². The average molecular weight is 210 g/mol. The SMILES string of the molecule is CCCSC1CC2CC1C1CCCC21. The molecule has 1 heteroatoms. The van der Waals surface area contributed by atoms with E-state index in [0.29, 0.717) is 0 Å². The van der Waals surface area contributed by atoms with Gasteiger partial charge in [-0.05, 0) is 61.5 Å². The van der Waals surface area contributed by atoms with Crippen molar-refractivity contribution in [2.24, 2.45) is 23.7 Å². The number of hydrogen-bond donors (Lipinski definition) is 0. The zero-order valence-electron chi connectivity index (χ0n) is 9.24. The van der Waals surface area contributed by atoms with E-state index in [4.69, 9.17) is 0 Å². The van der Waals surface area contributed by atoms with Crippen LogP contribution in [0.4, 0.5) is 0 Å². The van der Waals surface area contributed by atoms with Crippen LogP contribution in [0.2, 0.25) is 0 Å². The van der Waals surface area contributed by atoms with Gasteiger partial charge in [0.15, 0.2) is 0 Å². The highest BCUT2D eigenvalue weighted by Crippen LogP contribution is 2.61. The average Bonchev–Trinajstić information content (AvgIpc) is 2.85. The Labute approximate surface area is 92.2 Å². The van der Waals surface area contributed by atoms with Gasteiger partial charge in [0.25, 0.3) is 0 Å². The summed E-state index contributed by atoms with van der Waals surface area (Å²) in [4.78, 5) is 0. The minimum Gasteiger partial charge on any atom is -0.158 e. The van der Waals surface area contributed by atoms with Gasteiger partial charge in [0.2, 0.25) is 0 Å². The Balaban J connectivity index is 1.65. The maximum absolute atomic E-state index is 2.32. The highest BCUT2D eigenvalue weighted by Gasteiger charge is 2.53. The number of rotatable bonds is 3. The molecule has 0 aromatic rings. The molecule has 3 fully saturated rings. The highest BCUT2D eigenvalue weighted by atomic mass is 32.2. The first-order valence-corrected chi connectivity index (χ1v) is 7.56. The van der Waals surface area contributed by atoms with Crippen molar-refractivity contribution in [2.45, 2.75) is 50.7 Å². The lowest BCUT2D eigenvalue weighted by Crippen LogP contribution is -2.26. The largest absolute Gasteiger partial charge is 0.158 e. The van der Waals surface area contributed by atoms with E-state index in [0.717, 1.165) is 17.1 Å². The van der Waals surface area contributed by atoms with Crippen molar-refractivity contribution >= 4 is 11.8 Å². The second-order valence-corrected chi connectivity index (χ2v) is 6.91. The Morgan fingerprint density at radius 3 is 2.79 bits per heavy atom. The van der Waals surface area contributed by atoms with E-state index >= 15 is 0 Å². The molecule has 3 rings (SSSR count). The lowest BCUT2D eigenvalue weighted by molar-refractivity contribution is 0.266. The number of fused-ring (bicyclic) bond motifs is 5. The molecule has 14 heavy (non-hydrogen) atoms. The molecule has 0 amide bonds. The highest BCUT2D eigenvalue weighted by molar-refractivity contribution is 7.99. The Bertz CT molecular complexity index is 213. The lowest BCUT2D eigenvalue weighted by Gasteiger charge is -2.31. The van der Waals surface area contributed by atoms with Crippen LogP contribution in [-0.4, -0.2) is 11.0 Å². The Hall–Kier alpha value is 0.350. The molecular formula is C13H22S. The summed E-state index contributed by atoms with van der Waals surface area (Å²) >= 11 is 2.30. The molecule has 0 N–H and O–H groups in total. The third kappa shape index (κ3) is 1.35. The molecule has 0 nitrogen and oxygen atoms in total. The molecule has 0 aromatic heterocycles. The lowest BCUT2D eigenvalue weighted by atomic mass is 9.81. The van der Waals surface area contributed by atoms with Gasteiger partial charge in [-0.15, -0.1) is 0 Å². The van der Waals surface area contributed by atoms with Crippen molar-refractivity contribution in [2.75, 3.05) is 5.75 Å². The molecule has 5 atom stereocenters. The van der Waals surface area contributed by atoms with Crippen LogP contribution in [0.5, 0.6) is 0 Å². The molecule has 0 aromatic carbocycles. The Morgan fingerprint density at radius 1 is 1.07 bits per heavy atom. The van der Waals surface area contributed by atoms with E-state index < -0.39 is 0 Å². The summed E-state index contributed by atoms with van der Waals surface area (Å²) in [7, 11) is 0. The fourth-order valence-corrected chi connectivity index (χ4v) is 5.95. The maximum Gasteiger partial charge on any atom is 0.00809 e. The molecule has 3 aliphatic rings. The van der Waals surface area contributed by atoms with Crippen molar-refractivity contribution in [3.63, 3.8) is 0 Å². The van der Waals surface area contributed by atoms with Crippen molar-refractivity contribution in [3.05, 3.63) is 0 Å². The first-order chi connectivity index (χ1) is 6.90. The fourth-order valence-electron chi connectivity index (χ4n) is 4.47. The standard InChI is InChI=1S/C13H22S/c1-2-6-14-13-8-9-7-12(13)11-5-3-4-10(9)11/h9-13H,2-8H2,1H3. The molecule has 3 aliphatic carbocycles. The first-order valence-electron chi connectivity index (χ1n) is 6.51. The third-order valence-corrected chi connectivity index (χ3v) is 6.52. The summed E-state index contributed by atoms with van der Waals surface area (Å²) in [5.41, 5.74) is 0. The molecular weight excluding hydrogens is 188 g/mol. The predicted octanol–water partition coefficient (Wildman–Crippen LogP) is 3.95. The van der Waals surface area contributed by atoms with Crippen LogP contribution in [0, 0.1) is 23.7 Å². The molecule has 2 bridgehead atoms. The topological polar surface area (TPSA) is 0 Å². The quantitative estimate of drug-likeness (QED) is 0.679. The molecule has 0 saturated heterocycles. The van der Waals surface area contributed by atoms with Crippen LogP contribution in [0.3, 0.4) is 0 Å². The molecule has 0 aliphatic heterocycles. The van der Waals surface area contributed by atoms with Gasteiger partial charge in [0, 0.05) is 5.25 Å². The fraction of sp³-hybridized carbons (Fsp3) is 1.00. The van der Waals surface area contributed by atoms with Crippen LogP contribution in [-0.2, 0) is 0 Å². The third-order valence-electron chi connectivity index (χ3n) is 4.90. The van der Waals surface area contributed by atoms with Crippen LogP contribution < -0.4 is 0 Å². The van der Waals surface area contributed by atoms with Crippen molar-refractivity contribution < 1.29 is 0 Å². The smallest absolute Gasteiger partial charge is 0.00809 e. The molecule has 0 radical (unpaired) electrons. The summed E-state index contributed by atoms with van der Waals surface area (Å²) in [6.45, 7) is 2.32. The predicted molar refractivity (Wildman–Crippen MR) is 63.6 cm³/mol. The summed E-state index contributed by atoms with van der Waals surface area (Å²) in [6.07, 6.45) is 9.26. The summed E-state index contributed by atoms with van der Waals surface area (Å²) < 4.78 is 0. The zero-order chi connectivity index (χ0) is 9.54. The summed E-state index contributed by atoms with van der Waals surface area (Å²) in [5, 5.41) is 1.07. The van der Waals surface area contributed by atoms with Gasteiger partial charge in [0.1, 0.15) is 0 Å².